The van der Waals surface area contributed by atoms with Gasteiger partial charge in [0.15, 0.2) is 0 Å². The Labute approximate surface area is 83.9 Å². The first-order chi connectivity index (χ1) is 6.78. The molecule has 0 saturated carbocycles. The van der Waals surface area contributed by atoms with E-state index >= 15 is 0 Å². The molecule has 0 aliphatic heterocycles. The van der Waals surface area contributed by atoms with Gasteiger partial charge in [-0.2, -0.15) is 5.26 Å². The van der Waals surface area contributed by atoms with Gasteiger partial charge in [-0.1, -0.05) is 13.0 Å². The average molecular weight is 191 g/mol. The molecule has 3 nitrogen and oxygen atoms in total. The molecular weight excluding hydrogens is 178 g/mol. The zero-order valence-corrected chi connectivity index (χ0v) is 8.63. The van der Waals surface area contributed by atoms with Crippen molar-refractivity contribution in [1.29, 1.82) is 5.26 Å². The molecule has 14 heavy (non-hydrogen) atoms. The second-order valence-electron chi connectivity index (χ2n) is 2.80. The molecule has 1 aromatic rings. The van der Waals surface area contributed by atoms with Crippen molar-refractivity contribution in [3.05, 3.63) is 23.3 Å². The number of nitriles is 1. The maximum atomic E-state index is 8.97. The Balaban J connectivity index is 3.38. The van der Waals surface area contributed by atoms with Crippen LogP contribution in [0.4, 0.5) is 0 Å². The Hall–Kier alpha value is -1.69. The van der Waals surface area contributed by atoms with Crippen molar-refractivity contribution < 1.29 is 9.47 Å². The van der Waals surface area contributed by atoms with Crippen LogP contribution in [0.5, 0.6) is 11.5 Å². The van der Waals surface area contributed by atoms with Gasteiger partial charge in [0.05, 0.1) is 14.2 Å². The van der Waals surface area contributed by atoms with Gasteiger partial charge >= 0.3 is 0 Å². The Morgan fingerprint density at radius 2 is 2.00 bits per heavy atom. The molecule has 3 heteroatoms. The third kappa shape index (κ3) is 1.64. The molecule has 0 saturated heterocycles. The van der Waals surface area contributed by atoms with Crippen molar-refractivity contribution in [1.82, 2.24) is 0 Å². The summed E-state index contributed by atoms with van der Waals surface area (Å²) in [6, 6.07) is 5.80. The predicted octanol–water partition coefficient (Wildman–Crippen LogP) is 2.14. The van der Waals surface area contributed by atoms with Crippen LogP contribution in [-0.4, -0.2) is 14.2 Å². The molecule has 0 spiro atoms. The summed E-state index contributed by atoms with van der Waals surface area (Å²) in [7, 11) is 3.11. The Bertz CT molecular complexity index is 366. The molecule has 0 amide bonds. The van der Waals surface area contributed by atoms with Crippen molar-refractivity contribution in [3.63, 3.8) is 0 Å². The number of rotatable bonds is 3. The largest absolute Gasteiger partial charge is 0.495 e. The van der Waals surface area contributed by atoms with E-state index in [-0.39, 0.29) is 0 Å². The van der Waals surface area contributed by atoms with Crippen molar-refractivity contribution >= 4 is 0 Å². The second kappa shape index (κ2) is 4.52. The first kappa shape index (κ1) is 10.4. The summed E-state index contributed by atoms with van der Waals surface area (Å²) in [6.07, 6.45) is 0.835. The maximum Gasteiger partial charge on any atom is 0.143 e. The smallest absolute Gasteiger partial charge is 0.143 e. The molecule has 0 aliphatic rings. The van der Waals surface area contributed by atoms with Gasteiger partial charge in [-0.3, -0.25) is 0 Å². The number of methoxy groups -OCH3 is 2. The third-order valence-corrected chi connectivity index (χ3v) is 2.12. The van der Waals surface area contributed by atoms with Crippen molar-refractivity contribution in [2.45, 2.75) is 13.3 Å². The minimum atomic E-state index is 0.467. The summed E-state index contributed by atoms with van der Waals surface area (Å²) >= 11 is 0. The second-order valence-corrected chi connectivity index (χ2v) is 2.80. The molecule has 1 aromatic carbocycles. The van der Waals surface area contributed by atoms with Crippen LogP contribution in [-0.2, 0) is 6.42 Å². The molecule has 0 fully saturated rings. The van der Waals surface area contributed by atoms with Crippen molar-refractivity contribution in [3.8, 4) is 17.6 Å². The highest BCUT2D eigenvalue weighted by Crippen LogP contribution is 2.31. The highest BCUT2D eigenvalue weighted by atomic mass is 16.5. The number of hydrogen-bond acceptors (Lipinski definition) is 3. The van der Waals surface area contributed by atoms with E-state index in [1.54, 1.807) is 20.3 Å². The lowest BCUT2D eigenvalue weighted by Gasteiger charge is -2.11. The maximum absolute atomic E-state index is 8.97. The summed E-state index contributed by atoms with van der Waals surface area (Å²) in [4.78, 5) is 0. The fourth-order valence-electron chi connectivity index (χ4n) is 1.40. The van der Waals surface area contributed by atoms with Gasteiger partial charge in [0.1, 0.15) is 23.1 Å². The molecular formula is C11H13NO2. The van der Waals surface area contributed by atoms with Crippen molar-refractivity contribution in [2.24, 2.45) is 0 Å². The van der Waals surface area contributed by atoms with E-state index in [1.165, 1.54) is 0 Å². The monoisotopic (exact) mass is 191 g/mol. The molecule has 0 atom stereocenters. The van der Waals surface area contributed by atoms with Crippen LogP contribution in [0.1, 0.15) is 18.1 Å². The average Bonchev–Trinajstić information content (AvgIpc) is 2.26. The molecule has 0 N–H and O–H groups in total. The van der Waals surface area contributed by atoms with Gasteiger partial charge in [-0.15, -0.1) is 0 Å². The topological polar surface area (TPSA) is 42.2 Å². The summed E-state index contributed by atoms with van der Waals surface area (Å²) < 4.78 is 10.3. The molecule has 74 valence electrons. The SMILES string of the molecule is CCc1ccc(OC)c(C#N)c1OC. The number of hydrogen-bond donors (Lipinski definition) is 0. The first-order valence-corrected chi connectivity index (χ1v) is 4.42. The minimum absolute atomic E-state index is 0.467. The molecule has 0 bridgehead atoms. The van der Waals surface area contributed by atoms with E-state index < -0.39 is 0 Å². The van der Waals surface area contributed by atoms with Gasteiger partial charge in [0, 0.05) is 0 Å². The fourth-order valence-corrected chi connectivity index (χ4v) is 1.40. The summed E-state index contributed by atoms with van der Waals surface area (Å²) in [5, 5.41) is 8.97. The molecule has 0 aromatic heterocycles. The number of nitrogens with zero attached hydrogens (tertiary/aromatic N) is 1. The summed E-state index contributed by atoms with van der Waals surface area (Å²) in [5.41, 5.74) is 1.49. The van der Waals surface area contributed by atoms with Crippen molar-refractivity contribution in [2.75, 3.05) is 14.2 Å². The lowest BCUT2D eigenvalue weighted by atomic mass is 10.1. The Morgan fingerprint density at radius 1 is 1.29 bits per heavy atom. The van der Waals surface area contributed by atoms with Crippen LogP contribution >= 0.6 is 0 Å². The zero-order chi connectivity index (χ0) is 10.6. The quantitative estimate of drug-likeness (QED) is 0.735. The lowest BCUT2D eigenvalue weighted by molar-refractivity contribution is 0.389. The van der Waals surface area contributed by atoms with Gasteiger partial charge in [0.2, 0.25) is 0 Å². The summed E-state index contributed by atoms with van der Waals surface area (Å²) in [5.74, 6) is 1.18. The van der Waals surface area contributed by atoms with Crippen LogP contribution < -0.4 is 9.47 Å². The van der Waals surface area contributed by atoms with Gasteiger partial charge in [-0.25, -0.2) is 0 Å². The van der Waals surface area contributed by atoms with Crippen LogP contribution in [0.3, 0.4) is 0 Å². The van der Waals surface area contributed by atoms with Gasteiger partial charge in [0.25, 0.3) is 0 Å². The first-order valence-electron chi connectivity index (χ1n) is 4.42. The van der Waals surface area contributed by atoms with Crippen LogP contribution in [0.15, 0.2) is 12.1 Å². The predicted molar refractivity (Wildman–Crippen MR) is 53.6 cm³/mol. The molecule has 0 radical (unpaired) electrons. The van der Waals surface area contributed by atoms with E-state index in [4.69, 9.17) is 14.7 Å². The van der Waals surface area contributed by atoms with E-state index in [1.807, 2.05) is 13.0 Å². The molecule has 0 aliphatic carbocycles. The van der Waals surface area contributed by atoms with E-state index in [9.17, 15) is 0 Å². The van der Waals surface area contributed by atoms with E-state index in [0.29, 0.717) is 17.1 Å². The Kier molecular flexibility index (Phi) is 3.35. The number of benzene rings is 1. The normalized spacial score (nSPS) is 9.29. The fraction of sp³-hybridized carbons (Fsp3) is 0.364. The van der Waals surface area contributed by atoms with E-state index in [2.05, 4.69) is 6.07 Å². The summed E-state index contributed by atoms with van der Waals surface area (Å²) in [6.45, 7) is 2.02. The lowest BCUT2D eigenvalue weighted by Crippen LogP contribution is -1.97. The zero-order valence-electron chi connectivity index (χ0n) is 8.63. The van der Waals surface area contributed by atoms with E-state index in [0.717, 1.165) is 12.0 Å². The molecule has 0 unspecified atom stereocenters. The highest BCUT2D eigenvalue weighted by molar-refractivity contribution is 5.56. The van der Waals surface area contributed by atoms with Gasteiger partial charge in [-0.05, 0) is 18.1 Å². The number of aryl methyl sites for hydroxylation is 1. The van der Waals surface area contributed by atoms with Gasteiger partial charge < -0.3 is 9.47 Å². The molecule has 1 rings (SSSR count). The van der Waals surface area contributed by atoms with Crippen LogP contribution in [0, 0.1) is 11.3 Å². The van der Waals surface area contributed by atoms with Crippen LogP contribution in [0.2, 0.25) is 0 Å². The third-order valence-electron chi connectivity index (χ3n) is 2.12. The Morgan fingerprint density at radius 3 is 2.43 bits per heavy atom. The van der Waals surface area contributed by atoms with Crippen LogP contribution in [0.25, 0.3) is 0 Å². The standard InChI is InChI=1S/C11H13NO2/c1-4-8-5-6-10(13-2)9(7-12)11(8)14-3/h5-6H,4H2,1-3H3. The minimum Gasteiger partial charge on any atom is -0.495 e. The molecule has 0 heterocycles. The number of ether oxygens (including phenoxy) is 2. The highest BCUT2D eigenvalue weighted by Gasteiger charge is 2.12.